The summed E-state index contributed by atoms with van der Waals surface area (Å²) in [5, 5.41) is 12.7. The highest BCUT2D eigenvalue weighted by atomic mass is 35.5. The van der Waals surface area contributed by atoms with Gasteiger partial charge in [0.2, 0.25) is 0 Å². The molecule has 0 aliphatic rings. The van der Waals surface area contributed by atoms with Crippen LogP contribution < -0.4 is 0 Å². The van der Waals surface area contributed by atoms with Gasteiger partial charge in [0.15, 0.2) is 5.15 Å². The van der Waals surface area contributed by atoms with Crippen molar-refractivity contribution in [1.82, 2.24) is 9.78 Å². The molecule has 0 N–H and O–H groups in total. The first-order valence-corrected chi connectivity index (χ1v) is 6.29. The van der Waals surface area contributed by atoms with Gasteiger partial charge in [-0.3, -0.25) is 0 Å². The topological polar surface area (TPSA) is 41.6 Å². The number of hydrogen-bond acceptors (Lipinski definition) is 2. The largest absolute Gasteiger partial charge is 0.283 e. The van der Waals surface area contributed by atoms with Crippen LogP contribution in [-0.2, 0) is 0 Å². The summed E-state index contributed by atoms with van der Waals surface area (Å²) in [5.74, 6) is 0. The van der Waals surface area contributed by atoms with E-state index in [0.29, 0.717) is 5.69 Å². The highest BCUT2D eigenvalue weighted by Gasteiger charge is 2.25. The number of benzene rings is 1. The van der Waals surface area contributed by atoms with Gasteiger partial charge in [-0.05, 0) is 31.9 Å². The van der Waals surface area contributed by atoms with Crippen LogP contribution in [0.2, 0.25) is 5.15 Å². The number of nitrogens with zero attached hydrogens (tertiary/aromatic N) is 3. The van der Waals surface area contributed by atoms with Crippen LogP contribution >= 0.6 is 11.6 Å². The van der Waals surface area contributed by atoms with E-state index >= 15 is 0 Å². The van der Waals surface area contributed by atoms with Crippen LogP contribution in [0.25, 0.3) is 5.69 Å². The SMILES string of the molecule is Cc1cc(C)c(-n2nc(C(F)F)c(C#N)c2Cl)c(C)c1. The summed E-state index contributed by atoms with van der Waals surface area (Å²) in [6, 6.07) is 5.51. The van der Waals surface area contributed by atoms with Crippen LogP contribution in [0, 0.1) is 32.1 Å². The summed E-state index contributed by atoms with van der Waals surface area (Å²) < 4.78 is 27.0. The van der Waals surface area contributed by atoms with E-state index in [1.54, 1.807) is 6.07 Å². The maximum Gasteiger partial charge on any atom is 0.283 e. The molecular formula is C14H12ClF2N3. The summed E-state index contributed by atoms with van der Waals surface area (Å²) in [5.41, 5.74) is 2.54. The van der Waals surface area contributed by atoms with Crippen molar-refractivity contribution in [2.24, 2.45) is 0 Å². The van der Waals surface area contributed by atoms with Crippen molar-refractivity contribution in [2.45, 2.75) is 27.2 Å². The number of aromatic nitrogens is 2. The van der Waals surface area contributed by atoms with Gasteiger partial charge < -0.3 is 0 Å². The van der Waals surface area contributed by atoms with E-state index in [0.717, 1.165) is 16.7 Å². The third-order valence-electron chi connectivity index (χ3n) is 3.02. The van der Waals surface area contributed by atoms with Crippen molar-refractivity contribution in [3.8, 4) is 11.8 Å². The molecule has 0 amide bonds. The molecule has 6 heteroatoms. The van der Waals surface area contributed by atoms with Crippen molar-refractivity contribution in [3.63, 3.8) is 0 Å². The Morgan fingerprint density at radius 1 is 1.25 bits per heavy atom. The van der Waals surface area contributed by atoms with Gasteiger partial charge >= 0.3 is 0 Å². The lowest BCUT2D eigenvalue weighted by molar-refractivity contribution is 0.145. The first-order chi connectivity index (χ1) is 9.36. The Morgan fingerprint density at radius 3 is 2.20 bits per heavy atom. The number of halogens is 3. The molecule has 3 nitrogen and oxygen atoms in total. The number of aryl methyl sites for hydroxylation is 3. The molecule has 1 aromatic heterocycles. The number of hydrogen-bond donors (Lipinski definition) is 0. The van der Waals surface area contributed by atoms with E-state index < -0.39 is 12.1 Å². The summed E-state index contributed by atoms with van der Waals surface area (Å²) in [4.78, 5) is 0. The summed E-state index contributed by atoms with van der Waals surface area (Å²) >= 11 is 6.04. The molecule has 2 rings (SSSR count). The van der Waals surface area contributed by atoms with Crippen molar-refractivity contribution in [2.75, 3.05) is 0 Å². The standard InChI is InChI=1S/C14H12ClF2N3/c1-7-4-8(2)12(9(3)5-7)20-13(15)10(6-18)11(19-20)14(16)17/h4-5,14H,1-3H3. The van der Waals surface area contributed by atoms with E-state index in [4.69, 9.17) is 16.9 Å². The normalized spacial score (nSPS) is 10.9. The van der Waals surface area contributed by atoms with Crippen LogP contribution in [0.4, 0.5) is 8.78 Å². The molecule has 0 spiro atoms. The Balaban J connectivity index is 2.75. The minimum absolute atomic E-state index is 0.0853. The lowest BCUT2D eigenvalue weighted by Gasteiger charge is -2.12. The Labute approximate surface area is 120 Å². The van der Waals surface area contributed by atoms with Crippen LogP contribution in [0.3, 0.4) is 0 Å². The van der Waals surface area contributed by atoms with Gasteiger partial charge in [0.25, 0.3) is 6.43 Å². The Bertz CT molecular complexity index is 691. The fourth-order valence-corrected chi connectivity index (χ4v) is 2.59. The van der Waals surface area contributed by atoms with Gasteiger partial charge in [0, 0.05) is 0 Å². The van der Waals surface area contributed by atoms with E-state index in [1.165, 1.54) is 4.68 Å². The van der Waals surface area contributed by atoms with Crippen LogP contribution in [-0.4, -0.2) is 9.78 Å². The van der Waals surface area contributed by atoms with E-state index in [2.05, 4.69) is 5.10 Å². The Hall–Kier alpha value is -1.93. The number of nitriles is 1. The molecule has 20 heavy (non-hydrogen) atoms. The van der Waals surface area contributed by atoms with Crippen LogP contribution in [0.5, 0.6) is 0 Å². The summed E-state index contributed by atoms with van der Waals surface area (Å²) in [7, 11) is 0. The quantitative estimate of drug-likeness (QED) is 0.830. The van der Waals surface area contributed by atoms with Gasteiger partial charge in [-0.15, -0.1) is 0 Å². The van der Waals surface area contributed by atoms with Gasteiger partial charge in [-0.1, -0.05) is 29.3 Å². The molecule has 0 saturated heterocycles. The van der Waals surface area contributed by atoms with E-state index in [1.807, 2.05) is 32.9 Å². The monoisotopic (exact) mass is 295 g/mol. The molecule has 0 fully saturated rings. The second kappa shape index (κ2) is 5.22. The first-order valence-electron chi connectivity index (χ1n) is 5.91. The third-order valence-corrected chi connectivity index (χ3v) is 3.37. The molecule has 0 atom stereocenters. The number of rotatable bonds is 2. The highest BCUT2D eigenvalue weighted by molar-refractivity contribution is 6.31. The molecular weight excluding hydrogens is 284 g/mol. The zero-order chi connectivity index (χ0) is 15.0. The zero-order valence-corrected chi connectivity index (χ0v) is 12.0. The van der Waals surface area contributed by atoms with Crippen LogP contribution in [0.15, 0.2) is 12.1 Å². The van der Waals surface area contributed by atoms with E-state index in [9.17, 15) is 8.78 Å². The average molecular weight is 296 g/mol. The fraction of sp³-hybridized carbons (Fsp3) is 0.286. The maximum absolute atomic E-state index is 12.9. The molecule has 0 unspecified atom stereocenters. The van der Waals surface area contributed by atoms with Crippen molar-refractivity contribution in [3.05, 3.63) is 45.2 Å². The molecule has 0 radical (unpaired) electrons. The lowest BCUT2D eigenvalue weighted by Crippen LogP contribution is -2.03. The minimum atomic E-state index is -2.84. The van der Waals surface area contributed by atoms with Gasteiger partial charge in [0.1, 0.15) is 17.3 Å². The average Bonchev–Trinajstić information content (AvgIpc) is 2.65. The van der Waals surface area contributed by atoms with Crippen molar-refractivity contribution >= 4 is 11.6 Å². The maximum atomic E-state index is 12.9. The smallest absolute Gasteiger partial charge is 0.220 e. The van der Waals surface area contributed by atoms with Gasteiger partial charge in [0.05, 0.1) is 5.69 Å². The predicted molar refractivity (Wildman–Crippen MR) is 72.5 cm³/mol. The zero-order valence-electron chi connectivity index (χ0n) is 11.2. The van der Waals surface area contributed by atoms with Gasteiger partial charge in [-0.2, -0.15) is 10.4 Å². The molecule has 1 heterocycles. The second-order valence-electron chi connectivity index (χ2n) is 4.62. The molecule has 2 aromatic rings. The van der Waals surface area contributed by atoms with Crippen molar-refractivity contribution in [1.29, 1.82) is 5.26 Å². The molecule has 0 aliphatic carbocycles. The molecule has 0 saturated carbocycles. The fourth-order valence-electron chi connectivity index (χ4n) is 2.32. The Morgan fingerprint density at radius 2 is 1.80 bits per heavy atom. The Kier molecular flexibility index (Phi) is 3.78. The predicted octanol–water partition coefficient (Wildman–Crippen LogP) is 4.26. The van der Waals surface area contributed by atoms with E-state index in [-0.39, 0.29) is 10.7 Å². The molecule has 1 aromatic carbocycles. The minimum Gasteiger partial charge on any atom is -0.220 e. The number of alkyl halides is 2. The van der Waals surface area contributed by atoms with Crippen molar-refractivity contribution < 1.29 is 8.78 Å². The third kappa shape index (κ3) is 2.27. The van der Waals surface area contributed by atoms with Crippen LogP contribution in [0.1, 0.15) is 34.4 Å². The van der Waals surface area contributed by atoms with Gasteiger partial charge in [-0.25, -0.2) is 13.5 Å². The first kappa shape index (κ1) is 14.5. The molecule has 104 valence electrons. The molecule has 0 aliphatic heterocycles. The second-order valence-corrected chi connectivity index (χ2v) is 4.98. The summed E-state index contributed by atoms with van der Waals surface area (Å²) in [6.45, 7) is 5.64. The highest BCUT2D eigenvalue weighted by Crippen LogP contribution is 2.31. The molecule has 0 bridgehead atoms. The lowest BCUT2D eigenvalue weighted by atomic mass is 10.1. The summed E-state index contributed by atoms with van der Waals surface area (Å²) in [6.07, 6.45) is -2.84.